The summed E-state index contributed by atoms with van der Waals surface area (Å²) in [5, 5.41) is 0.609. The Morgan fingerprint density at radius 3 is 1.76 bits per heavy atom. The quantitative estimate of drug-likeness (QED) is 0.124. The first-order valence-corrected chi connectivity index (χ1v) is 7.82. The summed E-state index contributed by atoms with van der Waals surface area (Å²) in [6.45, 7) is 0. The van der Waals surface area contributed by atoms with Crippen LogP contribution < -0.4 is 18.6 Å². The van der Waals surface area contributed by atoms with Gasteiger partial charge in [0.15, 0.2) is 0 Å². The molecule has 11 nitrogen and oxygen atoms in total. The molecule has 1 heterocycles. The van der Waals surface area contributed by atoms with Crippen LogP contribution in [0.1, 0.15) is 20.7 Å². The van der Waals surface area contributed by atoms with Crippen molar-refractivity contribution >= 4 is 17.8 Å². The number of rotatable bonds is 2. The zero-order chi connectivity index (χ0) is 19.4. The monoisotopic (exact) mass is 377 g/mol. The van der Waals surface area contributed by atoms with E-state index in [9.17, 15) is 9.59 Å². The minimum absolute atomic E-state index is 0.303. The lowest BCUT2D eigenvalue weighted by atomic mass is 10.1. The number of halogens is 1. The Kier molecular flexibility index (Phi) is 6.81. The molecule has 0 aromatic heterocycles. The number of hydrogen-bond donors (Lipinski definition) is 0. The van der Waals surface area contributed by atoms with E-state index < -0.39 is 22.1 Å². The zero-order valence-corrected chi connectivity index (χ0v) is 14.6. The van der Waals surface area contributed by atoms with Crippen molar-refractivity contribution in [1.29, 1.82) is 0 Å². The lowest BCUT2D eigenvalue weighted by molar-refractivity contribution is -2.00. The smallest absolute Gasteiger partial charge is 0.266 e. The Labute approximate surface area is 145 Å². The molecule has 2 amide bonds. The lowest BCUT2D eigenvalue weighted by Crippen LogP contribution is -2.68. The second-order valence-corrected chi connectivity index (χ2v) is 5.81. The van der Waals surface area contributed by atoms with Crippen molar-refractivity contribution in [3.63, 3.8) is 0 Å². The van der Waals surface area contributed by atoms with Crippen LogP contribution >= 0.6 is 0 Å². The minimum atomic E-state index is -4.94. The molecule has 0 unspecified atom stereocenters. The van der Waals surface area contributed by atoms with Crippen LogP contribution in [0.5, 0.6) is 0 Å². The maximum absolute atomic E-state index is 12.0. The highest BCUT2D eigenvalue weighted by Gasteiger charge is 2.38. The largest absolute Gasteiger partial charge is 0.479 e. The summed E-state index contributed by atoms with van der Waals surface area (Å²) in [5.74, 6) is -1.08. The molecular weight excluding hydrogens is 362 g/mol. The van der Waals surface area contributed by atoms with Gasteiger partial charge < -0.3 is 0 Å². The van der Waals surface area contributed by atoms with E-state index in [1.54, 1.807) is 61.9 Å². The summed E-state index contributed by atoms with van der Waals surface area (Å²) in [7, 11) is 2.06. The van der Waals surface area contributed by atoms with Gasteiger partial charge in [0.25, 0.3) is 11.8 Å². The van der Waals surface area contributed by atoms with Gasteiger partial charge in [-0.05, 0) is 17.1 Å². The van der Waals surface area contributed by atoms with Gasteiger partial charge in [0.05, 0.1) is 39.3 Å². The summed E-state index contributed by atoms with van der Waals surface area (Å²) in [6.07, 6.45) is 0. The third-order valence-electron chi connectivity index (χ3n) is 2.71. The number of amidine groups is 1. The van der Waals surface area contributed by atoms with Gasteiger partial charge in [0.2, 0.25) is 0 Å². The number of hydroxylamine groups is 2. The third-order valence-corrected chi connectivity index (χ3v) is 2.71. The van der Waals surface area contributed by atoms with Crippen molar-refractivity contribution in [2.45, 2.75) is 0 Å². The van der Waals surface area contributed by atoms with Gasteiger partial charge in [-0.3, -0.25) is 9.59 Å². The van der Waals surface area contributed by atoms with E-state index in [1.807, 2.05) is 0 Å². The fourth-order valence-corrected chi connectivity index (χ4v) is 1.85. The summed E-state index contributed by atoms with van der Waals surface area (Å²) >= 11 is 0. The molecule has 0 fully saturated rings. The highest BCUT2D eigenvalue weighted by molar-refractivity contribution is 6.20. The standard InChI is InChI=1S/C13H16N3O4.ClHO4/c1-14(2)13(15(3)4)19-20-16-11(17)9-7-5-6-8-10(9)12(16)18;2-1(3,4)5/h5-8H,1-4H3;(H,2,3,4,5)/q+1;/p-1. The Morgan fingerprint density at radius 1 is 1.04 bits per heavy atom. The molecule has 1 aromatic rings. The number of imide groups is 1. The fourth-order valence-electron chi connectivity index (χ4n) is 1.85. The fraction of sp³-hybridized carbons (Fsp3) is 0.308. The number of benzene rings is 1. The van der Waals surface area contributed by atoms with Crippen LogP contribution in [0.2, 0.25) is 0 Å². The topological polar surface area (TPSA) is 154 Å². The molecule has 0 N–H and O–H groups in total. The number of fused-ring (bicyclic) bond motifs is 1. The first kappa shape index (κ1) is 20.8. The van der Waals surface area contributed by atoms with Crippen molar-refractivity contribution in [3.8, 4) is 0 Å². The van der Waals surface area contributed by atoms with E-state index >= 15 is 0 Å². The van der Waals surface area contributed by atoms with Crippen LogP contribution in [-0.2, 0) is 9.88 Å². The SMILES string of the molecule is CN(C)C(OON1C(=O)c2ccccc2C1=O)=[N+](C)C.[O-][Cl+3]([O-])([O-])[O-]. The van der Waals surface area contributed by atoms with Crippen LogP contribution in [0.4, 0.5) is 0 Å². The second kappa shape index (κ2) is 8.20. The van der Waals surface area contributed by atoms with Crippen LogP contribution in [0.15, 0.2) is 24.3 Å². The summed E-state index contributed by atoms with van der Waals surface area (Å²) < 4.78 is 35.6. The Balaban J connectivity index is 0.000000550. The molecule has 0 atom stereocenters. The molecule has 138 valence electrons. The number of amides is 2. The molecule has 0 saturated heterocycles. The van der Waals surface area contributed by atoms with Crippen molar-refractivity contribution in [1.82, 2.24) is 9.96 Å². The highest BCUT2D eigenvalue weighted by atomic mass is 35.7. The maximum atomic E-state index is 12.0. The number of carbonyl (C=O) groups is 2. The van der Waals surface area contributed by atoms with E-state index in [0.717, 1.165) is 0 Å². The molecule has 1 aromatic carbocycles. The summed E-state index contributed by atoms with van der Waals surface area (Å²) in [5.41, 5.74) is 0.606. The Bertz CT molecular complexity index is 641. The van der Waals surface area contributed by atoms with Crippen LogP contribution in [0.3, 0.4) is 0 Å². The van der Waals surface area contributed by atoms with Gasteiger partial charge in [-0.15, -0.1) is 15.3 Å². The molecule has 2 rings (SSSR count). The predicted octanol–water partition coefficient (Wildman–Crippen LogP) is -4.42. The van der Waals surface area contributed by atoms with Crippen molar-refractivity contribution in [3.05, 3.63) is 35.4 Å². The van der Waals surface area contributed by atoms with Crippen LogP contribution in [0.25, 0.3) is 0 Å². The van der Waals surface area contributed by atoms with Crippen LogP contribution in [0, 0.1) is 10.2 Å². The van der Waals surface area contributed by atoms with Gasteiger partial charge in [-0.25, -0.2) is 33.0 Å². The first-order chi connectivity index (χ1) is 11.4. The number of carbonyl (C=O) groups excluding carboxylic acids is 2. The third kappa shape index (κ3) is 5.94. The lowest BCUT2D eigenvalue weighted by Gasteiger charge is -2.17. The number of hydrogen-bond acceptors (Lipinski definition) is 8. The molecule has 0 aliphatic carbocycles. The Morgan fingerprint density at radius 2 is 1.44 bits per heavy atom. The van der Waals surface area contributed by atoms with E-state index in [2.05, 4.69) is 0 Å². The molecule has 0 radical (unpaired) electrons. The first-order valence-electron chi connectivity index (χ1n) is 6.59. The van der Waals surface area contributed by atoms with Crippen molar-refractivity contribution in [2.24, 2.45) is 0 Å². The summed E-state index contributed by atoms with van der Waals surface area (Å²) in [6, 6.07) is 6.86. The minimum Gasteiger partial charge on any atom is -0.266 e. The molecule has 25 heavy (non-hydrogen) atoms. The van der Waals surface area contributed by atoms with Gasteiger partial charge in [0.1, 0.15) is 0 Å². The molecule has 1 aliphatic heterocycles. The van der Waals surface area contributed by atoms with E-state index in [-0.39, 0.29) is 0 Å². The average Bonchev–Trinajstić information content (AvgIpc) is 2.70. The molecule has 0 spiro atoms. The maximum Gasteiger partial charge on any atom is 0.479 e. The Hall–Kier alpha value is -2.28. The molecular formula is C13H16ClN3O8. The zero-order valence-electron chi connectivity index (χ0n) is 13.8. The molecule has 0 saturated carbocycles. The van der Waals surface area contributed by atoms with Crippen LogP contribution in [-0.4, -0.2) is 60.6 Å². The highest BCUT2D eigenvalue weighted by Crippen LogP contribution is 2.22. The predicted molar refractivity (Wildman–Crippen MR) is 69.9 cm³/mol. The molecule has 12 heteroatoms. The van der Waals surface area contributed by atoms with Gasteiger partial charge in [-0.1, -0.05) is 12.1 Å². The second-order valence-electron chi connectivity index (χ2n) is 5.06. The van der Waals surface area contributed by atoms with Crippen molar-refractivity contribution < 1.29 is 52.9 Å². The van der Waals surface area contributed by atoms with E-state index in [4.69, 9.17) is 28.5 Å². The van der Waals surface area contributed by atoms with Gasteiger partial charge in [0, 0.05) is 0 Å². The van der Waals surface area contributed by atoms with E-state index in [0.29, 0.717) is 22.2 Å². The van der Waals surface area contributed by atoms with Gasteiger partial charge in [-0.2, -0.15) is 0 Å². The average molecular weight is 378 g/mol. The molecule has 0 bridgehead atoms. The van der Waals surface area contributed by atoms with E-state index in [1.165, 1.54) is 0 Å². The number of nitrogens with zero attached hydrogens (tertiary/aromatic N) is 3. The normalized spacial score (nSPS) is 13.0. The summed E-state index contributed by atoms with van der Waals surface area (Å²) in [4.78, 5) is 35.7. The van der Waals surface area contributed by atoms with Gasteiger partial charge >= 0.3 is 6.02 Å². The van der Waals surface area contributed by atoms with Crippen molar-refractivity contribution in [2.75, 3.05) is 28.2 Å². The molecule has 1 aliphatic rings.